The van der Waals surface area contributed by atoms with Gasteiger partial charge in [0, 0.05) is 0 Å². The van der Waals surface area contributed by atoms with Crippen LogP contribution in [0.2, 0.25) is 0 Å². The van der Waals surface area contributed by atoms with E-state index < -0.39 is 0 Å². The Bertz CT molecular complexity index is 494. The third kappa shape index (κ3) is 2.53. The number of nitrogens with zero attached hydrogens (tertiary/aromatic N) is 3. The Morgan fingerprint density at radius 3 is 2.29 bits per heavy atom. The molecule has 0 saturated carbocycles. The Labute approximate surface area is 101 Å². The summed E-state index contributed by atoms with van der Waals surface area (Å²) in [6.07, 6.45) is 1.73. The van der Waals surface area contributed by atoms with E-state index >= 15 is 0 Å². The van der Waals surface area contributed by atoms with E-state index in [0.717, 1.165) is 5.69 Å². The van der Waals surface area contributed by atoms with E-state index in [9.17, 15) is 0 Å². The Morgan fingerprint density at radius 1 is 1.18 bits per heavy atom. The molecule has 2 aromatic rings. The van der Waals surface area contributed by atoms with Gasteiger partial charge in [0.2, 0.25) is 0 Å². The van der Waals surface area contributed by atoms with E-state index in [4.69, 9.17) is 5.11 Å². The van der Waals surface area contributed by atoms with Crippen LogP contribution in [-0.2, 0) is 12.0 Å². The lowest BCUT2D eigenvalue weighted by atomic mass is 9.87. The maximum Gasteiger partial charge on any atom is 0.109 e. The molecule has 2 rings (SSSR count). The van der Waals surface area contributed by atoms with Crippen LogP contribution in [0.5, 0.6) is 0 Å². The Kier molecular flexibility index (Phi) is 2.98. The zero-order valence-electron chi connectivity index (χ0n) is 10.4. The monoisotopic (exact) mass is 231 g/mol. The SMILES string of the molecule is CC(C)(C)c1ccc(-n2cc(CO)nn2)cc1. The van der Waals surface area contributed by atoms with Crippen molar-refractivity contribution in [1.82, 2.24) is 15.0 Å². The molecule has 4 heteroatoms. The van der Waals surface area contributed by atoms with Gasteiger partial charge in [0.05, 0.1) is 18.5 Å². The van der Waals surface area contributed by atoms with Crippen molar-refractivity contribution in [2.45, 2.75) is 32.8 Å². The fourth-order valence-electron chi connectivity index (χ4n) is 1.61. The van der Waals surface area contributed by atoms with E-state index in [0.29, 0.717) is 5.69 Å². The fourth-order valence-corrected chi connectivity index (χ4v) is 1.61. The fraction of sp³-hybridized carbons (Fsp3) is 0.385. The summed E-state index contributed by atoms with van der Waals surface area (Å²) in [4.78, 5) is 0. The first-order valence-corrected chi connectivity index (χ1v) is 5.64. The highest BCUT2D eigenvalue weighted by Gasteiger charge is 2.13. The third-order valence-electron chi connectivity index (χ3n) is 2.70. The first-order chi connectivity index (χ1) is 8.00. The number of aromatic nitrogens is 3. The molecule has 0 aliphatic carbocycles. The van der Waals surface area contributed by atoms with Gasteiger partial charge in [0.1, 0.15) is 5.69 Å². The second kappa shape index (κ2) is 4.30. The summed E-state index contributed by atoms with van der Waals surface area (Å²) in [7, 11) is 0. The van der Waals surface area contributed by atoms with Gasteiger partial charge >= 0.3 is 0 Å². The number of rotatable bonds is 2. The van der Waals surface area contributed by atoms with Gasteiger partial charge in [0.25, 0.3) is 0 Å². The maximum absolute atomic E-state index is 8.93. The standard InChI is InChI=1S/C13H17N3O/c1-13(2,3)10-4-6-12(7-5-10)16-8-11(9-17)14-15-16/h4-8,17H,9H2,1-3H3. The number of hydrogen-bond donors (Lipinski definition) is 1. The van der Waals surface area contributed by atoms with Crippen molar-refractivity contribution in [3.8, 4) is 5.69 Å². The predicted molar refractivity (Wildman–Crippen MR) is 66.0 cm³/mol. The van der Waals surface area contributed by atoms with Crippen molar-refractivity contribution >= 4 is 0 Å². The van der Waals surface area contributed by atoms with Crippen LogP contribution in [0.4, 0.5) is 0 Å². The summed E-state index contributed by atoms with van der Waals surface area (Å²) in [5.74, 6) is 0. The Hall–Kier alpha value is -1.68. The van der Waals surface area contributed by atoms with Gasteiger partial charge in [0.15, 0.2) is 0 Å². The smallest absolute Gasteiger partial charge is 0.109 e. The lowest BCUT2D eigenvalue weighted by molar-refractivity contribution is 0.276. The van der Waals surface area contributed by atoms with Crippen LogP contribution >= 0.6 is 0 Å². The van der Waals surface area contributed by atoms with Gasteiger partial charge in [-0.25, -0.2) is 4.68 Å². The molecule has 0 bridgehead atoms. The molecule has 0 radical (unpaired) electrons. The molecule has 1 aromatic carbocycles. The van der Waals surface area contributed by atoms with Crippen LogP contribution in [-0.4, -0.2) is 20.1 Å². The summed E-state index contributed by atoms with van der Waals surface area (Å²) in [6.45, 7) is 6.46. The van der Waals surface area contributed by atoms with Crippen LogP contribution in [0.3, 0.4) is 0 Å². The lowest BCUT2D eigenvalue weighted by Gasteiger charge is -2.18. The van der Waals surface area contributed by atoms with Crippen LogP contribution in [0.15, 0.2) is 30.5 Å². The van der Waals surface area contributed by atoms with E-state index in [2.05, 4.69) is 43.2 Å². The number of aliphatic hydroxyl groups excluding tert-OH is 1. The highest BCUT2D eigenvalue weighted by molar-refractivity contribution is 5.36. The molecule has 0 saturated heterocycles. The molecular weight excluding hydrogens is 214 g/mol. The quantitative estimate of drug-likeness (QED) is 0.860. The molecule has 0 spiro atoms. The molecule has 17 heavy (non-hydrogen) atoms. The van der Waals surface area contributed by atoms with Crippen molar-refractivity contribution in [3.63, 3.8) is 0 Å². The van der Waals surface area contributed by atoms with Crippen LogP contribution in [0, 0.1) is 0 Å². The average Bonchev–Trinajstić information content (AvgIpc) is 2.76. The topological polar surface area (TPSA) is 50.9 Å². The molecule has 0 amide bonds. The summed E-state index contributed by atoms with van der Waals surface area (Å²) in [6, 6.07) is 8.21. The Balaban J connectivity index is 2.29. The minimum atomic E-state index is -0.0833. The maximum atomic E-state index is 8.93. The molecule has 0 unspecified atom stereocenters. The zero-order valence-corrected chi connectivity index (χ0v) is 10.4. The van der Waals surface area contributed by atoms with Crippen molar-refractivity contribution in [3.05, 3.63) is 41.7 Å². The third-order valence-corrected chi connectivity index (χ3v) is 2.70. The van der Waals surface area contributed by atoms with Crippen LogP contribution in [0.25, 0.3) is 5.69 Å². The van der Waals surface area contributed by atoms with E-state index in [-0.39, 0.29) is 12.0 Å². The number of aliphatic hydroxyl groups is 1. The van der Waals surface area contributed by atoms with Crippen molar-refractivity contribution in [1.29, 1.82) is 0 Å². The molecule has 1 aromatic heterocycles. The van der Waals surface area contributed by atoms with E-state index in [1.165, 1.54) is 5.56 Å². The van der Waals surface area contributed by atoms with E-state index in [1.807, 2.05) is 12.1 Å². The zero-order chi connectivity index (χ0) is 12.5. The molecule has 4 nitrogen and oxygen atoms in total. The van der Waals surface area contributed by atoms with Crippen LogP contribution < -0.4 is 0 Å². The van der Waals surface area contributed by atoms with Crippen molar-refractivity contribution < 1.29 is 5.11 Å². The van der Waals surface area contributed by atoms with Gasteiger partial charge in [-0.15, -0.1) is 5.10 Å². The number of hydrogen-bond acceptors (Lipinski definition) is 3. The average molecular weight is 231 g/mol. The normalized spacial score (nSPS) is 11.8. The van der Waals surface area contributed by atoms with Gasteiger partial charge in [-0.05, 0) is 23.1 Å². The minimum absolute atomic E-state index is 0.0833. The molecule has 90 valence electrons. The molecule has 0 atom stereocenters. The minimum Gasteiger partial charge on any atom is -0.390 e. The molecule has 0 fully saturated rings. The summed E-state index contributed by atoms with van der Waals surface area (Å²) < 4.78 is 1.66. The second-order valence-corrected chi connectivity index (χ2v) is 5.11. The van der Waals surface area contributed by atoms with Gasteiger partial charge < -0.3 is 5.11 Å². The Morgan fingerprint density at radius 2 is 1.82 bits per heavy atom. The first-order valence-electron chi connectivity index (χ1n) is 5.64. The summed E-state index contributed by atoms with van der Waals surface area (Å²) in [5, 5.41) is 16.7. The van der Waals surface area contributed by atoms with Gasteiger partial charge in [-0.3, -0.25) is 0 Å². The summed E-state index contributed by atoms with van der Waals surface area (Å²) in [5.41, 5.74) is 2.95. The molecular formula is C13H17N3O. The molecule has 1 heterocycles. The van der Waals surface area contributed by atoms with Crippen molar-refractivity contribution in [2.24, 2.45) is 0 Å². The molecule has 0 aliphatic heterocycles. The van der Waals surface area contributed by atoms with Gasteiger partial charge in [-0.1, -0.05) is 38.1 Å². The predicted octanol–water partition coefficient (Wildman–Crippen LogP) is 2.06. The summed E-state index contributed by atoms with van der Waals surface area (Å²) >= 11 is 0. The lowest BCUT2D eigenvalue weighted by Crippen LogP contribution is -2.10. The van der Waals surface area contributed by atoms with Crippen molar-refractivity contribution in [2.75, 3.05) is 0 Å². The molecule has 0 aliphatic rings. The van der Waals surface area contributed by atoms with Gasteiger partial charge in [-0.2, -0.15) is 0 Å². The number of benzene rings is 1. The highest BCUT2D eigenvalue weighted by atomic mass is 16.3. The van der Waals surface area contributed by atoms with E-state index in [1.54, 1.807) is 10.9 Å². The first kappa shape index (κ1) is 11.8. The second-order valence-electron chi connectivity index (χ2n) is 5.11. The molecule has 1 N–H and O–H groups in total. The van der Waals surface area contributed by atoms with Crippen LogP contribution in [0.1, 0.15) is 32.0 Å². The largest absolute Gasteiger partial charge is 0.390 e. The highest BCUT2D eigenvalue weighted by Crippen LogP contribution is 2.22.